The van der Waals surface area contributed by atoms with Crippen molar-refractivity contribution in [1.82, 2.24) is 40.3 Å². The Bertz CT molecular complexity index is 3000. The minimum Gasteiger partial charge on any atom is -0.508 e. The summed E-state index contributed by atoms with van der Waals surface area (Å²) >= 11 is 0. The number of phenols is 1. The molecule has 3 aromatic carbocycles. The third kappa shape index (κ3) is 8.40. The van der Waals surface area contributed by atoms with E-state index in [0.29, 0.717) is 52.5 Å². The molecular formula is C55H61FN10O6. The van der Waals surface area contributed by atoms with Crippen LogP contribution in [0.5, 0.6) is 11.8 Å². The number of imide groups is 2. The number of pyridine rings is 1. The third-order valence-corrected chi connectivity index (χ3v) is 17.6. The van der Waals surface area contributed by atoms with Crippen LogP contribution in [0.15, 0.2) is 60.8 Å². The fourth-order valence-electron chi connectivity index (χ4n) is 13.2. The van der Waals surface area contributed by atoms with Crippen LogP contribution in [0.3, 0.4) is 0 Å². The van der Waals surface area contributed by atoms with Crippen LogP contribution in [0.4, 0.5) is 15.9 Å². The number of aromatic hydroxyl groups is 1. The lowest BCUT2D eigenvalue weighted by atomic mass is 9.69. The molecule has 4 amide bonds. The monoisotopic (exact) mass is 976 g/mol. The van der Waals surface area contributed by atoms with Gasteiger partial charge in [0.2, 0.25) is 11.8 Å². The van der Waals surface area contributed by atoms with E-state index in [4.69, 9.17) is 19.7 Å². The molecule has 2 bridgehead atoms. The number of amides is 4. The summed E-state index contributed by atoms with van der Waals surface area (Å²) in [6.07, 6.45) is 11.0. The van der Waals surface area contributed by atoms with Crippen molar-refractivity contribution in [1.29, 1.82) is 0 Å². The molecule has 13 rings (SSSR count). The van der Waals surface area contributed by atoms with Gasteiger partial charge in [0.1, 0.15) is 28.8 Å². The summed E-state index contributed by atoms with van der Waals surface area (Å²) in [6, 6.07) is 16.2. The molecule has 2 aromatic heterocycles. The highest BCUT2D eigenvalue weighted by Gasteiger charge is 2.47. The Morgan fingerprint density at radius 2 is 1.50 bits per heavy atom. The average Bonchev–Trinajstić information content (AvgIpc) is 4.12. The van der Waals surface area contributed by atoms with Gasteiger partial charge in [0, 0.05) is 107 Å². The molecule has 8 aliphatic rings. The number of nitrogens with one attached hydrogen (secondary N) is 2. The number of piperidine rings is 2. The lowest BCUT2D eigenvalue weighted by Crippen LogP contribution is -2.56. The van der Waals surface area contributed by atoms with Crippen molar-refractivity contribution in [3.8, 4) is 23.0 Å². The number of ether oxygens (including phenoxy) is 1. The summed E-state index contributed by atoms with van der Waals surface area (Å²) < 4.78 is 23.8. The van der Waals surface area contributed by atoms with Crippen LogP contribution >= 0.6 is 0 Å². The van der Waals surface area contributed by atoms with Crippen LogP contribution < -0.4 is 25.2 Å². The first-order valence-electron chi connectivity index (χ1n) is 26.3. The average molecular weight is 977 g/mol. The van der Waals surface area contributed by atoms with E-state index in [0.717, 1.165) is 137 Å². The molecule has 8 heterocycles. The molecule has 5 saturated heterocycles. The Labute approximate surface area is 417 Å². The van der Waals surface area contributed by atoms with Crippen molar-refractivity contribution in [3.05, 3.63) is 77.7 Å². The van der Waals surface area contributed by atoms with Crippen LogP contribution in [0.1, 0.15) is 84.9 Å². The van der Waals surface area contributed by atoms with Crippen LogP contribution in [-0.4, -0.2) is 149 Å². The highest BCUT2D eigenvalue weighted by Crippen LogP contribution is 2.48. The molecule has 16 nitrogen and oxygen atoms in total. The first kappa shape index (κ1) is 45.6. The summed E-state index contributed by atoms with van der Waals surface area (Å²) in [4.78, 5) is 76.4. The number of aromatic nitrogens is 3. The lowest BCUT2D eigenvalue weighted by molar-refractivity contribution is -0.136. The SMILES string of the molecule is O=C1CCC(N2C(=O)c3ccc(N4CCC(CN5CCN(CC6(COc7nc(N8CC9CC%10CCC%10CC(C8)N9)c8cnc(-c9cc(O)cc%10ccccc9%10)c(F)c8n7)CC6)CC5)CC4)cc3C2=O)C(=O)N1. The molecular weight excluding hydrogens is 916 g/mol. The van der Waals surface area contributed by atoms with Crippen LogP contribution in [-0.2, 0) is 9.59 Å². The fourth-order valence-corrected chi connectivity index (χ4v) is 13.2. The molecule has 2 saturated carbocycles. The van der Waals surface area contributed by atoms with Gasteiger partial charge in [-0.2, -0.15) is 9.97 Å². The van der Waals surface area contributed by atoms with E-state index in [2.05, 4.69) is 30.2 Å². The maximum absolute atomic E-state index is 17.2. The second-order valence-corrected chi connectivity index (χ2v) is 22.2. The number of fused-ring (bicyclic) bond motifs is 6. The Balaban J connectivity index is 0.650. The van der Waals surface area contributed by atoms with Gasteiger partial charge in [-0.3, -0.25) is 34.4 Å². The smallest absolute Gasteiger partial charge is 0.319 e. The van der Waals surface area contributed by atoms with Crippen molar-refractivity contribution in [2.75, 3.05) is 81.9 Å². The third-order valence-electron chi connectivity index (χ3n) is 17.6. The Hall–Kier alpha value is -6.30. The molecule has 5 aromatic rings. The van der Waals surface area contributed by atoms with Gasteiger partial charge in [-0.25, -0.2) is 4.39 Å². The summed E-state index contributed by atoms with van der Waals surface area (Å²) in [7, 11) is 0. The number of hydrogen-bond donors (Lipinski definition) is 3. The second-order valence-electron chi connectivity index (χ2n) is 22.2. The molecule has 72 heavy (non-hydrogen) atoms. The zero-order valence-corrected chi connectivity index (χ0v) is 40.5. The quantitative estimate of drug-likeness (QED) is 0.136. The Kier molecular flexibility index (Phi) is 11.4. The first-order valence-corrected chi connectivity index (χ1v) is 26.3. The van der Waals surface area contributed by atoms with E-state index < -0.39 is 35.5 Å². The molecule has 5 atom stereocenters. The van der Waals surface area contributed by atoms with E-state index in [1.807, 2.05) is 30.3 Å². The summed E-state index contributed by atoms with van der Waals surface area (Å²) in [5.41, 5.74) is 2.32. The predicted octanol–water partition coefficient (Wildman–Crippen LogP) is 5.75. The van der Waals surface area contributed by atoms with E-state index in [1.54, 1.807) is 30.5 Å². The van der Waals surface area contributed by atoms with Crippen molar-refractivity contribution in [3.63, 3.8) is 0 Å². The molecule has 17 heteroatoms. The van der Waals surface area contributed by atoms with Crippen molar-refractivity contribution >= 4 is 56.8 Å². The number of benzene rings is 3. The molecule has 374 valence electrons. The molecule has 6 aliphatic heterocycles. The van der Waals surface area contributed by atoms with Gasteiger partial charge in [-0.15, -0.1) is 0 Å². The number of hydrogen-bond acceptors (Lipinski definition) is 14. The van der Waals surface area contributed by atoms with Gasteiger partial charge in [0.15, 0.2) is 5.82 Å². The lowest BCUT2D eigenvalue weighted by Gasteiger charge is -2.40. The zero-order chi connectivity index (χ0) is 48.8. The molecule has 7 fully saturated rings. The number of rotatable bonds is 11. The number of phenolic OH excluding ortho intramolecular Hbond substituents is 1. The fraction of sp³-hybridized carbons (Fsp3) is 0.509. The van der Waals surface area contributed by atoms with E-state index in [1.165, 1.54) is 12.8 Å². The van der Waals surface area contributed by atoms with Crippen LogP contribution in [0, 0.1) is 29.0 Å². The second kappa shape index (κ2) is 18.0. The van der Waals surface area contributed by atoms with E-state index >= 15 is 4.39 Å². The largest absolute Gasteiger partial charge is 0.508 e. The number of halogens is 1. The van der Waals surface area contributed by atoms with E-state index in [-0.39, 0.29) is 41.2 Å². The maximum Gasteiger partial charge on any atom is 0.319 e. The molecule has 3 N–H and O–H groups in total. The minimum absolute atomic E-state index is 0.0160. The van der Waals surface area contributed by atoms with Crippen LogP contribution in [0.25, 0.3) is 32.9 Å². The van der Waals surface area contributed by atoms with E-state index in [9.17, 15) is 24.3 Å². The molecule has 0 radical (unpaired) electrons. The van der Waals surface area contributed by atoms with Crippen molar-refractivity contribution in [2.24, 2.45) is 23.2 Å². The van der Waals surface area contributed by atoms with Gasteiger partial charge in [-0.1, -0.05) is 24.3 Å². The maximum atomic E-state index is 17.2. The number of carbonyl (C=O) groups excluding carboxylic acids is 4. The minimum atomic E-state index is -0.977. The van der Waals surface area contributed by atoms with Gasteiger partial charge < -0.3 is 34.8 Å². The summed E-state index contributed by atoms with van der Waals surface area (Å²) in [6.45, 7) is 9.63. The Morgan fingerprint density at radius 3 is 2.24 bits per heavy atom. The Morgan fingerprint density at radius 1 is 0.764 bits per heavy atom. The number of nitrogens with zero attached hydrogens (tertiary/aromatic N) is 8. The summed E-state index contributed by atoms with van der Waals surface area (Å²) in [5, 5.41) is 19.0. The van der Waals surface area contributed by atoms with Crippen LogP contribution in [0.2, 0.25) is 0 Å². The zero-order valence-electron chi connectivity index (χ0n) is 40.5. The predicted molar refractivity (Wildman–Crippen MR) is 268 cm³/mol. The first-order chi connectivity index (χ1) is 35.0. The standard InChI is InChI=1S/C55H61FN10O6/c56-47-48(42-25-39(67)23-35-3-1-2-4-40(35)42)57-26-44-49(47)60-54(61-50(44)65-28-36-21-33-5-6-34(33)22-37(29-65)58-36)72-31-55(13-14-55)30-63-19-17-62(18-20-63)27-32-11-15-64(16-12-32)38-7-8-41-43(24-38)53(71)66(52(41)70)45-9-10-46(68)59-51(45)69/h1-4,7-8,23-26,32-34,36-37,45,58,67H,5-6,9-22,27-31H2,(H,59,68,69). The molecule has 5 unspecified atom stereocenters. The van der Waals surface area contributed by atoms with Gasteiger partial charge >= 0.3 is 6.01 Å². The van der Waals surface area contributed by atoms with Crippen molar-refractivity contribution < 1.29 is 33.4 Å². The molecule has 2 aliphatic carbocycles. The normalized spacial score (nSPS) is 26.6. The highest BCUT2D eigenvalue weighted by atomic mass is 19.1. The van der Waals surface area contributed by atoms with Gasteiger partial charge in [-0.05, 0) is 117 Å². The van der Waals surface area contributed by atoms with Crippen molar-refractivity contribution in [2.45, 2.75) is 82.3 Å². The van der Waals surface area contributed by atoms with Gasteiger partial charge in [0.25, 0.3) is 11.8 Å². The molecule has 0 spiro atoms. The highest BCUT2D eigenvalue weighted by molar-refractivity contribution is 6.23. The number of carbonyl (C=O) groups is 4. The van der Waals surface area contributed by atoms with Gasteiger partial charge in [0.05, 0.1) is 23.1 Å². The summed E-state index contributed by atoms with van der Waals surface area (Å²) in [5.74, 6) is 0.302. The number of piperazine rings is 2. The topological polar surface area (TPSA) is 177 Å². The number of anilines is 2.